The molecule has 0 aliphatic heterocycles. The molecule has 0 aliphatic carbocycles. The lowest BCUT2D eigenvalue weighted by atomic mass is 10.4. The fraction of sp³-hybridized carbons (Fsp3) is 0.333. The van der Waals surface area contributed by atoms with Gasteiger partial charge >= 0.3 is 10.1 Å². The van der Waals surface area contributed by atoms with E-state index in [1.807, 2.05) is 0 Å². The summed E-state index contributed by atoms with van der Waals surface area (Å²) >= 11 is 0. The molecule has 0 bridgehead atoms. The highest BCUT2D eigenvalue weighted by Crippen LogP contribution is 2.09. The molecule has 6 heteroatoms. The third-order valence-corrected chi connectivity index (χ3v) is 2.39. The zero-order valence-electron chi connectivity index (χ0n) is 6.72. The zero-order valence-corrected chi connectivity index (χ0v) is 7.54. The lowest BCUT2D eigenvalue weighted by Gasteiger charge is -1.96. The Bertz CT molecular complexity index is 399. The summed E-state index contributed by atoms with van der Waals surface area (Å²) in [5.41, 5.74) is 0.426. The van der Waals surface area contributed by atoms with Crippen molar-refractivity contribution in [2.45, 2.75) is 11.8 Å². The molecule has 0 radical (unpaired) electrons. The maximum absolute atomic E-state index is 10.7. The first kappa shape index (κ1) is 9.08. The van der Waals surface area contributed by atoms with Gasteiger partial charge in [-0.15, -0.1) is 0 Å². The summed E-state index contributed by atoms with van der Waals surface area (Å²) in [6.45, 7) is 1.57. The SMILES string of the molecule is Cc1cn[n+](C)cc1S(=O)(=O)O. The zero-order chi connectivity index (χ0) is 9.35. The topological polar surface area (TPSA) is 71.1 Å². The van der Waals surface area contributed by atoms with Gasteiger partial charge in [-0.2, -0.15) is 8.42 Å². The van der Waals surface area contributed by atoms with Crippen LogP contribution < -0.4 is 4.68 Å². The molecule has 0 saturated heterocycles. The number of rotatable bonds is 1. The Balaban J connectivity index is 3.43. The van der Waals surface area contributed by atoms with Crippen molar-refractivity contribution in [3.05, 3.63) is 18.0 Å². The second kappa shape index (κ2) is 2.80. The van der Waals surface area contributed by atoms with E-state index in [1.54, 1.807) is 14.0 Å². The number of hydrogen-bond donors (Lipinski definition) is 1. The first-order chi connectivity index (χ1) is 5.41. The highest BCUT2D eigenvalue weighted by Gasteiger charge is 2.17. The molecule has 12 heavy (non-hydrogen) atoms. The smallest absolute Gasteiger partial charge is 0.282 e. The molecule has 0 aromatic carbocycles. The molecular weight excluding hydrogens is 180 g/mol. The number of nitrogens with zero attached hydrogens (tertiary/aromatic N) is 2. The highest BCUT2D eigenvalue weighted by atomic mass is 32.2. The molecular formula is C6H9N2O3S+. The van der Waals surface area contributed by atoms with Crippen molar-refractivity contribution in [1.29, 1.82) is 0 Å². The summed E-state index contributed by atoms with van der Waals surface area (Å²) < 4.78 is 31.5. The second-order valence-electron chi connectivity index (χ2n) is 2.47. The van der Waals surface area contributed by atoms with Crippen molar-refractivity contribution in [2.75, 3.05) is 0 Å². The molecule has 1 aromatic heterocycles. The van der Waals surface area contributed by atoms with E-state index in [2.05, 4.69) is 5.10 Å². The minimum atomic E-state index is -4.12. The van der Waals surface area contributed by atoms with Crippen LogP contribution >= 0.6 is 0 Å². The van der Waals surface area contributed by atoms with Crippen molar-refractivity contribution in [3.63, 3.8) is 0 Å². The van der Waals surface area contributed by atoms with Gasteiger partial charge in [0.25, 0.3) is 0 Å². The Morgan fingerprint density at radius 1 is 1.58 bits per heavy atom. The van der Waals surface area contributed by atoms with Crippen LogP contribution in [0.2, 0.25) is 0 Å². The molecule has 1 aromatic rings. The van der Waals surface area contributed by atoms with Gasteiger partial charge in [-0.1, -0.05) is 4.68 Å². The van der Waals surface area contributed by atoms with E-state index in [0.29, 0.717) is 5.56 Å². The lowest BCUT2D eigenvalue weighted by molar-refractivity contribution is -0.732. The fourth-order valence-corrected chi connectivity index (χ4v) is 1.56. The molecule has 0 fully saturated rings. The first-order valence-electron chi connectivity index (χ1n) is 3.21. The predicted octanol–water partition coefficient (Wildman–Crippen LogP) is -0.539. The quantitative estimate of drug-likeness (QED) is 0.476. The molecule has 1 rings (SSSR count). The average Bonchev–Trinajstić information content (AvgIpc) is 1.92. The van der Waals surface area contributed by atoms with E-state index >= 15 is 0 Å². The summed E-state index contributed by atoms with van der Waals surface area (Å²) in [6.07, 6.45) is 2.63. The van der Waals surface area contributed by atoms with E-state index in [9.17, 15) is 8.42 Å². The molecule has 1 heterocycles. The second-order valence-corrected chi connectivity index (χ2v) is 3.86. The third-order valence-electron chi connectivity index (χ3n) is 1.40. The molecule has 1 N–H and O–H groups in total. The van der Waals surface area contributed by atoms with Crippen molar-refractivity contribution in [3.8, 4) is 0 Å². The Hall–Kier alpha value is -1.01. The van der Waals surface area contributed by atoms with Gasteiger partial charge in [-0.25, -0.2) is 0 Å². The van der Waals surface area contributed by atoms with Gasteiger partial charge in [0.1, 0.15) is 0 Å². The summed E-state index contributed by atoms with van der Waals surface area (Å²) in [5.74, 6) is 0. The van der Waals surface area contributed by atoms with Crippen LogP contribution in [0, 0.1) is 6.92 Å². The number of aromatic nitrogens is 2. The minimum absolute atomic E-state index is 0.111. The Morgan fingerprint density at radius 3 is 2.58 bits per heavy atom. The summed E-state index contributed by atoms with van der Waals surface area (Å²) in [6, 6.07) is 0. The largest absolute Gasteiger partial charge is 0.300 e. The average molecular weight is 189 g/mol. The van der Waals surface area contributed by atoms with Gasteiger partial charge in [-0.3, -0.25) is 4.55 Å². The monoisotopic (exact) mass is 189 g/mol. The molecule has 0 saturated carbocycles. The van der Waals surface area contributed by atoms with E-state index in [4.69, 9.17) is 4.55 Å². The Morgan fingerprint density at radius 2 is 2.17 bits per heavy atom. The molecule has 0 spiro atoms. The molecule has 0 amide bonds. The third kappa shape index (κ3) is 1.77. The maximum Gasteiger partial charge on any atom is 0.300 e. The molecule has 0 atom stereocenters. The van der Waals surface area contributed by atoms with Crippen LogP contribution in [0.4, 0.5) is 0 Å². The van der Waals surface area contributed by atoms with Crippen molar-refractivity contribution in [1.82, 2.24) is 5.10 Å². The Kier molecular flexibility index (Phi) is 2.12. The van der Waals surface area contributed by atoms with E-state index in [-0.39, 0.29) is 4.90 Å². The number of hydrogen-bond acceptors (Lipinski definition) is 3. The predicted molar refractivity (Wildman–Crippen MR) is 40.0 cm³/mol. The van der Waals surface area contributed by atoms with Crippen molar-refractivity contribution < 1.29 is 17.7 Å². The van der Waals surface area contributed by atoms with Crippen LogP contribution in [-0.4, -0.2) is 18.1 Å². The van der Waals surface area contributed by atoms with Crippen LogP contribution in [-0.2, 0) is 17.2 Å². The lowest BCUT2D eigenvalue weighted by Crippen LogP contribution is -2.33. The maximum atomic E-state index is 10.7. The fourth-order valence-electron chi connectivity index (χ4n) is 0.816. The van der Waals surface area contributed by atoms with Crippen molar-refractivity contribution >= 4 is 10.1 Å². The van der Waals surface area contributed by atoms with Crippen LogP contribution in [0.15, 0.2) is 17.3 Å². The van der Waals surface area contributed by atoms with Gasteiger partial charge in [0, 0.05) is 5.56 Å². The van der Waals surface area contributed by atoms with E-state index < -0.39 is 10.1 Å². The van der Waals surface area contributed by atoms with Crippen molar-refractivity contribution in [2.24, 2.45) is 7.05 Å². The normalized spacial score (nSPS) is 11.6. The van der Waals surface area contributed by atoms with Gasteiger partial charge in [0.2, 0.25) is 6.20 Å². The molecule has 0 unspecified atom stereocenters. The summed E-state index contributed by atoms with van der Waals surface area (Å²) in [7, 11) is -2.54. The van der Waals surface area contributed by atoms with Gasteiger partial charge in [0.15, 0.2) is 11.9 Å². The van der Waals surface area contributed by atoms with Gasteiger partial charge in [0.05, 0.1) is 6.20 Å². The summed E-state index contributed by atoms with van der Waals surface area (Å²) in [5, 5.41) is 3.79. The van der Waals surface area contributed by atoms with Gasteiger partial charge in [-0.05, 0) is 12.0 Å². The molecule has 5 nitrogen and oxygen atoms in total. The van der Waals surface area contributed by atoms with E-state index in [1.165, 1.54) is 17.1 Å². The number of aryl methyl sites for hydroxylation is 2. The van der Waals surface area contributed by atoms with Crippen LogP contribution in [0.25, 0.3) is 0 Å². The van der Waals surface area contributed by atoms with Crippen LogP contribution in [0.5, 0.6) is 0 Å². The van der Waals surface area contributed by atoms with E-state index in [0.717, 1.165) is 0 Å². The van der Waals surface area contributed by atoms with Gasteiger partial charge < -0.3 is 0 Å². The standard InChI is InChI=1S/C6H8N2O3S/c1-5-3-7-8(2)4-6(5)12(9,10)11/h3-4H,1-2H3/p+1. The summed E-state index contributed by atoms with van der Waals surface area (Å²) in [4.78, 5) is -0.111. The first-order valence-corrected chi connectivity index (χ1v) is 4.65. The van der Waals surface area contributed by atoms with Crippen LogP contribution in [0.3, 0.4) is 0 Å². The minimum Gasteiger partial charge on any atom is -0.282 e. The van der Waals surface area contributed by atoms with Crippen LogP contribution in [0.1, 0.15) is 5.56 Å². The highest BCUT2D eigenvalue weighted by molar-refractivity contribution is 7.85. The molecule has 66 valence electrons. The molecule has 0 aliphatic rings. The Labute approximate surface area is 70.4 Å².